The maximum Gasteiger partial charge on any atom is 0.223 e. The van der Waals surface area contributed by atoms with Crippen LogP contribution in [0.4, 0.5) is 5.82 Å². The van der Waals surface area contributed by atoms with Crippen molar-refractivity contribution in [1.82, 2.24) is 25.1 Å². The van der Waals surface area contributed by atoms with Crippen LogP contribution in [0.1, 0.15) is 32.1 Å². The second-order valence-corrected chi connectivity index (χ2v) is 6.60. The minimum Gasteiger partial charge on any atom is -0.356 e. The minimum absolute atomic E-state index is 0.256. The van der Waals surface area contributed by atoms with Crippen molar-refractivity contribution in [3.8, 4) is 0 Å². The molecule has 0 spiro atoms. The van der Waals surface area contributed by atoms with Gasteiger partial charge in [-0.2, -0.15) is 5.10 Å². The van der Waals surface area contributed by atoms with Gasteiger partial charge in [0.25, 0.3) is 0 Å². The van der Waals surface area contributed by atoms with Crippen molar-refractivity contribution >= 4 is 22.8 Å². The number of nitrogens with zero attached hydrogens (tertiary/aromatic N) is 5. The molecule has 1 saturated carbocycles. The smallest absolute Gasteiger partial charge is 0.223 e. The van der Waals surface area contributed by atoms with Crippen molar-refractivity contribution in [2.45, 2.75) is 38.1 Å². The molecule has 1 N–H and O–H groups in total. The lowest BCUT2D eigenvalue weighted by Crippen LogP contribution is -2.47. The van der Waals surface area contributed by atoms with E-state index in [1.54, 1.807) is 11.0 Å². The third kappa shape index (κ3) is 2.64. The first-order valence-corrected chi connectivity index (χ1v) is 8.40. The molecule has 4 rings (SSSR count). The first kappa shape index (κ1) is 14.4. The Kier molecular flexibility index (Phi) is 3.63. The molecular weight excluding hydrogens is 292 g/mol. The van der Waals surface area contributed by atoms with E-state index in [0.717, 1.165) is 55.6 Å². The van der Waals surface area contributed by atoms with Crippen LogP contribution in [0.15, 0.2) is 12.5 Å². The fourth-order valence-corrected chi connectivity index (χ4v) is 3.43. The second kappa shape index (κ2) is 5.79. The predicted molar refractivity (Wildman–Crippen MR) is 87.0 cm³/mol. The molecule has 1 aliphatic heterocycles. The number of carbonyl (C=O) groups is 1. The van der Waals surface area contributed by atoms with E-state index in [1.807, 2.05) is 13.2 Å². The third-order valence-corrected chi connectivity index (χ3v) is 5.13. The van der Waals surface area contributed by atoms with Gasteiger partial charge in [0.2, 0.25) is 5.91 Å². The lowest BCUT2D eigenvalue weighted by molar-refractivity contribution is -0.128. The number of hydrogen-bond acceptors (Lipinski definition) is 5. The van der Waals surface area contributed by atoms with Crippen LogP contribution in [0, 0.1) is 5.92 Å². The highest BCUT2D eigenvalue weighted by molar-refractivity contribution is 5.86. The number of amides is 1. The Labute approximate surface area is 135 Å². The number of hydrogen-bond donors (Lipinski definition) is 1. The van der Waals surface area contributed by atoms with Crippen molar-refractivity contribution in [3.05, 3.63) is 12.5 Å². The summed E-state index contributed by atoms with van der Waals surface area (Å²) in [6, 6.07) is 0.297. The Morgan fingerprint density at radius 3 is 2.70 bits per heavy atom. The van der Waals surface area contributed by atoms with Crippen LogP contribution >= 0.6 is 0 Å². The SMILES string of the molecule is Cn1ncc2c(N3CCC(NC(=O)C4CCC4)CC3)ncnc21. The Morgan fingerprint density at radius 2 is 2.00 bits per heavy atom. The number of fused-ring (bicyclic) bond motifs is 1. The molecule has 7 nitrogen and oxygen atoms in total. The maximum absolute atomic E-state index is 12.1. The first-order chi connectivity index (χ1) is 11.2. The average molecular weight is 314 g/mol. The molecule has 7 heteroatoms. The van der Waals surface area contributed by atoms with Crippen molar-refractivity contribution in [2.24, 2.45) is 13.0 Å². The average Bonchev–Trinajstić information content (AvgIpc) is 2.88. The van der Waals surface area contributed by atoms with Gasteiger partial charge in [0, 0.05) is 32.1 Å². The number of nitrogens with one attached hydrogen (secondary N) is 1. The number of rotatable bonds is 3. The summed E-state index contributed by atoms with van der Waals surface area (Å²) in [5, 5.41) is 8.48. The summed E-state index contributed by atoms with van der Waals surface area (Å²) in [6.07, 6.45) is 8.67. The zero-order chi connectivity index (χ0) is 15.8. The first-order valence-electron chi connectivity index (χ1n) is 8.40. The summed E-state index contributed by atoms with van der Waals surface area (Å²) in [5.74, 6) is 1.48. The Morgan fingerprint density at radius 1 is 1.22 bits per heavy atom. The van der Waals surface area contributed by atoms with Gasteiger partial charge in [0.05, 0.1) is 11.6 Å². The second-order valence-electron chi connectivity index (χ2n) is 6.60. The summed E-state index contributed by atoms with van der Waals surface area (Å²) in [5.41, 5.74) is 0.857. The highest BCUT2D eigenvalue weighted by atomic mass is 16.2. The van der Waals surface area contributed by atoms with E-state index < -0.39 is 0 Å². The van der Waals surface area contributed by atoms with Crippen LogP contribution in [-0.4, -0.2) is 44.8 Å². The van der Waals surface area contributed by atoms with Gasteiger partial charge in [-0.1, -0.05) is 6.42 Å². The van der Waals surface area contributed by atoms with E-state index in [1.165, 1.54) is 6.42 Å². The Balaban J connectivity index is 1.41. The van der Waals surface area contributed by atoms with Gasteiger partial charge in [0.15, 0.2) is 5.65 Å². The van der Waals surface area contributed by atoms with E-state index in [-0.39, 0.29) is 11.8 Å². The van der Waals surface area contributed by atoms with Crippen LogP contribution in [-0.2, 0) is 11.8 Å². The number of aryl methyl sites for hydroxylation is 1. The molecule has 122 valence electrons. The van der Waals surface area contributed by atoms with Crippen LogP contribution in [0.2, 0.25) is 0 Å². The van der Waals surface area contributed by atoms with Crippen LogP contribution in [0.3, 0.4) is 0 Å². The number of anilines is 1. The fraction of sp³-hybridized carbons (Fsp3) is 0.625. The van der Waals surface area contributed by atoms with E-state index >= 15 is 0 Å². The van der Waals surface area contributed by atoms with E-state index in [2.05, 4.69) is 25.3 Å². The molecule has 2 aliphatic rings. The largest absolute Gasteiger partial charge is 0.356 e. The molecular formula is C16H22N6O. The molecule has 0 radical (unpaired) electrons. The number of piperidine rings is 1. The van der Waals surface area contributed by atoms with Gasteiger partial charge in [-0.05, 0) is 25.7 Å². The minimum atomic E-state index is 0.256. The molecule has 2 aromatic rings. The molecule has 0 unspecified atom stereocenters. The number of aromatic nitrogens is 4. The molecule has 0 aromatic carbocycles. The number of carbonyl (C=O) groups excluding carboxylic acids is 1. The molecule has 0 atom stereocenters. The normalized spacial score (nSPS) is 19.8. The maximum atomic E-state index is 12.1. The summed E-state index contributed by atoms with van der Waals surface area (Å²) in [7, 11) is 1.89. The monoisotopic (exact) mass is 314 g/mol. The summed E-state index contributed by atoms with van der Waals surface area (Å²) in [6.45, 7) is 1.80. The van der Waals surface area contributed by atoms with Gasteiger partial charge in [-0.3, -0.25) is 9.48 Å². The van der Waals surface area contributed by atoms with Crippen molar-refractivity contribution in [3.63, 3.8) is 0 Å². The lowest BCUT2D eigenvalue weighted by atomic mass is 9.84. The predicted octanol–water partition coefficient (Wildman–Crippen LogP) is 1.25. The zero-order valence-corrected chi connectivity index (χ0v) is 13.4. The lowest BCUT2D eigenvalue weighted by Gasteiger charge is -2.34. The molecule has 1 amide bonds. The molecule has 2 aromatic heterocycles. The van der Waals surface area contributed by atoms with Gasteiger partial charge in [-0.15, -0.1) is 0 Å². The quantitative estimate of drug-likeness (QED) is 0.923. The van der Waals surface area contributed by atoms with Crippen LogP contribution in [0.25, 0.3) is 11.0 Å². The summed E-state index contributed by atoms with van der Waals surface area (Å²) in [4.78, 5) is 23.1. The van der Waals surface area contributed by atoms with E-state index in [9.17, 15) is 4.79 Å². The fourth-order valence-electron chi connectivity index (χ4n) is 3.43. The standard InChI is InChI=1S/C16H22N6O/c1-21-14-13(9-19-21)15(18-10-17-14)22-7-5-12(6-8-22)20-16(23)11-3-2-4-11/h9-12H,2-8H2,1H3,(H,20,23). The highest BCUT2D eigenvalue weighted by Gasteiger charge is 2.29. The van der Waals surface area contributed by atoms with Gasteiger partial charge in [0.1, 0.15) is 12.1 Å². The molecule has 2 fully saturated rings. The van der Waals surface area contributed by atoms with Gasteiger partial charge >= 0.3 is 0 Å². The van der Waals surface area contributed by atoms with Crippen molar-refractivity contribution in [1.29, 1.82) is 0 Å². The molecule has 3 heterocycles. The van der Waals surface area contributed by atoms with Gasteiger partial charge < -0.3 is 10.2 Å². The topological polar surface area (TPSA) is 75.9 Å². The molecule has 23 heavy (non-hydrogen) atoms. The van der Waals surface area contributed by atoms with Crippen molar-refractivity contribution < 1.29 is 4.79 Å². The summed E-state index contributed by atoms with van der Waals surface area (Å²) >= 11 is 0. The molecule has 0 bridgehead atoms. The Hall–Kier alpha value is -2.18. The van der Waals surface area contributed by atoms with Crippen molar-refractivity contribution in [2.75, 3.05) is 18.0 Å². The van der Waals surface area contributed by atoms with Crippen LogP contribution in [0.5, 0.6) is 0 Å². The molecule has 1 aliphatic carbocycles. The molecule has 1 saturated heterocycles. The van der Waals surface area contributed by atoms with Gasteiger partial charge in [-0.25, -0.2) is 9.97 Å². The van der Waals surface area contributed by atoms with E-state index in [4.69, 9.17) is 0 Å². The zero-order valence-electron chi connectivity index (χ0n) is 13.4. The third-order valence-electron chi connectivity index (χ3n) is 5.13. The summed E-state index contributed by atoms with van der Waals surface area (Å²) < 4.78 is 1.77. The highest BCUT2D eigenvalue weighted by Crippen LogP contribution is 2.28. The Bertz CT molecular complexity index is 714. The van der Waals surface area contributed by atoms with Crippen LogP contribution < -0.4 is 10.2 Å². The van der Waals surface area contributed by atoms with E-state index in [0.29, 0.717) is 6.04 Å².